The molecule has 0 atom stereocenters. The minimum absolute atomic E-state index is 0.821. The highest BCUT2D eigenvalue weighted by Gasteiger charge is 2.09. The van der Waals surface area contributed by atoms with Crippen LogP contribution >= 0.6 is 11.3 Å². The molecule has 0 spiro atoms. The van der Waals surface area contributed by atoms with Crippen LogP contribution in [0.3, 0.4) is 0 Å². The summed E-state index contributed by atoms with van der Waals surface area (Å²) in [6.45, 7) is 7.97. The molecule has 0 saturated carbocycles. The Morgan fingerprint density at radius 1 is 1.44 bits per heavy atom. The van der Waals surface area contributed by atoms with Crippen LogP contribution in [0.25, 0.3) is 0 Å². The summed E-state index contributed by atoms with van der Waals surface area (Å²) in [4.78, 5) is 5.30. The molecule has 2 aromatic rings. The third-order valence-electron chi connectivity index (χ3n) is 2.60. The molecule has 5 heteroatoms. The van der Waals surface area contributed by atoms with E-state index in [2.05, 4.69) is 29.2 Å². The van der Waals surface area contributed by atoms with Crippen LogP contribution in [-0.4, -0.2) is 14.8 Å². The molecule has 0 fully saturated rings. The van der Waals surface area contributed by atoms with E-state index in [1.54, 1.807) is 11.3 Å². The third kappa shape index (κ3) is 2.09. The van der Waals surface area contributed by atoms with Gasteiger partial charge in [0.25, 0.3) is 0 Å². The Hall–Kier alpha value is -1.36. The van der Waals surface area contributed by atoms with E-state index in [1.165, 1.54) is 10.6 Å². The Labute approximate surface area is 99.3 Å². The Bertz CT molecular complexity index is 459. The average molecular weight is 236 g/mol. The molecule has 86 valence electrons. The smallest absolute Gasteiger partial charge is 0.0828 e. The monoisotopic (exact) mass is 236 g/mol. The largest absolute Gasteiger partial charge is 0.377 e. The third-order valence-corrected chi connectivity index (χ3v) is 3.38. The van der Waals surface area contributed by atoms with Crippen LogP contribution in [0.1, 0.15) is 23.2 Å². The predicted molar refractivity (Wildman–Crippen MR) is 66.8 cm³/mol. The van der Waals surface area contributed by atoms with E-state index in [0.29, 0.717) is 0 Å². The van der Waals surface area contributed by atoms with Crippen molar-refractivity contribution in [1.29, 1.82) is 0 Å². The van der Waals surface area contributed by atoms with Gasteiger partial charge in [0.15, 0.2) is 0 Å². The van der Waals surface area contributed by atoms with Crippen molar-refractivity contribution >= 4 is 17.0 Å². The SMILES string of the molecule is CCn1nc(C)c(NCc2cncs2)c1C. The van der Waals surface area contributed by atoms with E-state index < -0.39 is 0 Å². The number of hydrogen-bond donors (Lipinski definition) is 1. The summed E-state index contributed by atoms with van der Waals surface area (Å²) in [6.07, 6.45) is 1.90. The molecule has 0 aliphatic rings. The first-order valence-corrected chi connectivity index (χ1v) is 6.25. The summed E-state index contributed by atoms with van der Waals surface area (Å²) in [5.41, 5.74) is 5.26. The number of anilines is 1. The maximum atomic E-state index is 4.47. The Morgan fingerprint density at radius 2 is 2.25 bits per heavy atom. The summed E-state index contributed by atoms with van der Waals surface area (Å²) < 4.78 is 2.02. The Morgan fingerprint density at radius 3 is 2.81 bits per heavy atom. The van der Waals surface area contributed by atoms with E-state index in [9.17, 15) is 0 Å². The quantitative estimate of drug-likeness (QED) is 0.887. The lowest BCUT2D eigenvalue weighted by Crippen LogP contribution is -2.01. The summed E-state index contributed by atoms with van der Waals surface area (Å²) in [6, 6.07) is 0. The number of aromatic nitrogens is 3. The zero-order valence-corrected chi connectivity index (χ0v) is 10.6. The second kappa shape index (κ2) is 4.65. The lowest BCUT2D eigenvalue weighted by atomic mass is 10.3. The fourth-order valence-corrected chi connectivity index (χ4v) is 2.30. The van der Waals surface area contributed by atoms with Gasteiger partial charge in [-0.3, -0.25) is 9.67 Å². The van der Waals surface area contributed by atoms with Crippen molar-refractivity contribution in [3.63, 3.8) is 0 Å². The fourth-order valence-electron chi connectivity index (χ4n) is 1.77. The first-order chi connectivity index (χ1) is 7.72. The number of nitrogens with zero attached hydrogens (tertiary/aromatic N) is 3. The number of hydrogen-bond acceptors (Lipinski definition) is 4. The molecule has 2 aromatic heterocycles. The minimum Gasteiger partial charge on any atom is -0.377 e. The molecule has 0 aliphatic carbocycles. The van der Waals surface area contributed by atoms with Gasteiger partial charge in [-0.2, -0.15) is 5.10 Å². The van der Waals surface area contributed by atoms with Gasteiger partial charge in [0.2, 0.25) is 0 Å². The maximum Gasteiger partial charge on any atom is 0.0828 e. The first kappa shape index (κ1) is 11.1. The molecule has 1 N–H and O–H groups in total. The van der Waals surface area contributed by atoms with Gasteiger partial charge in [0, 0.05) is 17.6 Å². The van der Waals surface area contributed by atoms with Gasteiger partial charge >= 0.3 is 0 Å². The standard InChI is InChI=1S/C11H16N4S/c1-4-15-9(3)11(8(2)14-15)13-6-10-5-12-7-16-10/h5,7,13H,4,6H2,1-3H3. The van der Waals surface area contributed by atoms with Gasteiger partial charge in [-0.25, -0.2) is 0 Å². The van der Waals surface area contributed by atoms with Crippen LogP contribution in [-0.2, 0) is 13.1 Å². The summed E-state index contributed by atoms with van der Waals surface area (Å²) >= 11 is 1.67. The van der Waals surface area contributed by atoms with E-state index >= 15 is 0 Å². The second-order valence-electron chi connectivity index (χ2n) is 3.68. The Kier molecular flexibility index (Phi) is 3.24. The zero-order chi connectivity index (χ0) is 11.5. The van der Waals surface area contributed by atoms with Crippen molar-refractivity contribution in [2.45, 2.75) is 33.9 Å². The van der Waals surface area contributed by atoms with E-state index in [1.807, 2.05) is 23.3 Å². The van der Waals surface area contributed by atoms with E-state index in [-0.39, 0.29) is 0 Å². The van der Waals surface area contributed by atoms with Crippen molar-refractivity contribution in [3.05, 3.63) is 28.0 Å². The van der Waals surface area contributed by atoms with Gasteiger partial charge in [-0.1, -0.05) is 0 Å². The van der Waals surface area contributed by atoms with Gasteiger partial charge in [-0.05, 0) is 20.8 Å². The normalized spacial score (nSPS) is 10.7. The molecule has 0 aliphatic heterocycles. The van der Waals surface area contributed by atoms with Crippen LogP contribution in [0.5, 0.6) is 0 Å². The van der Waals surface area contributed by atoms with Crippen LogP contribution in [0.15, 0.2) is 11.7 Å². The predicted octanol–water partition coefficient (Wildman–Crippen LogP) is 2.59. The second-order valence-corrected chi connectivity index (χ2v) is 4.65. The number of nitrogens with one attached hydrogen (secondary N) is 1. The van der Waals surface area contributed by atoms with Crippen molar-refractivity contribution in [3.8, 4) is 0 Å². The topological polar surface area (TPSA) is 42.7 Å². The lowest BCUT2D eigenvalue weighted by molar-refractivity contribution is 0.634. The van der Waals surface area contributed by atoms with Gasteiger partial charge in [-0.15, -0.1) is 11.3 Å². The fraction of sp³-hybridized carbons (Fsp3) is 0.455. The molecule has 4 nitrogen and oxygen atoms in total. The summed E-state index contributed by atoms with van der Waals surface area (Å²) in [5, 5.41) is 7.90. The molecule has 0 radical (unpaired) electrons. The lowest BCUT2D eigenvalue weighted by Gasteiger charge is -2.05. The average Bonchev–Trinajstić information content (AvgIpc) is 2.86. The van der Waals surface area contributed by atoms with Crippen LogP contribution < -0.4 is 5.32 Å². The molecular formula is C11H16N4S. The molecule has 0 amide bonds. The van der Waals surface area contributed by atoms with Crippen LogP contribution in [0.4, 0.5) is 5.69 Å². The molecular weight excluding hydrogens is 220 g/mol. The van der Waals surface area contributed by atoms with E-state index in [4.69, 9.17) is 0 Å². The van der Waals surface area contributed by atoms with Crippen molar-refractivity contribution < 1.29 is 0 Å². The highest BCUT2D eigenvalue weighted by molar-refractivity contribution is 7.09. The number of thiazole rings is 1. The van der Waals surface area contributed by atoms with Crippen molar-refractivity contribution in [2.24, 2.45) is 0 Å². The highest BCUT2D eigenvalue weighted by Crippen LogP contribution is 2.20. The van der Waals surface area contributed by atoms with Gasteiger partial charge < -0.3 is 5.32 Å². The highest BCUT2D eigenvalue weighted by atomic mass is 32.1. The number of rotatable bonds is 4. The first-order valence-electron chi connectivity index (χ1n) is 5.37. The molecule has 2 heterocycles. The molecule has 0 unspecified atom stereocenters. The Balaban J connectivity index is 2.12. The van der Waals surface area contributed by atoms with E-state index in [0.717, 1.165) is 24.5 Å². The molecule has 0 bridgehead atoms. The van der Waals surface area contributed by atoms with Crippen LogP contribution in [0, 0.1) is 13.8 Å². The molecule has 2 rings (SSSR count). The summed E-state index contributed by atoms with van der Waals surface area (Å²) in [5.74, 6) is 0. The number of aryl methyl sites for hydroxylation is 2. The minimum atomic E-state index is 0.821. The molecule has 0 saturated heterocycles. The molecule has 0 aromatic carbocycles. The van der Waals surface area contributed by atoms with Gasteiger partial charge in [0.05, 0.1) is 29.1 Å². The van der Waals surface area contributed by atoms with Gasteiger partial charge in [0.1, 0.15) is 0 Å². The van der Waals surface area contributed by atoms with Crippen molar-refractivity contribution in [1.82, 2.24) is 14.8 Å². The molecule has 16 heavy (non-hydrogen) atoms. The van der Waals surface area contributed by atoms with Crippen LogP contribution in [0.2, 0.25) is 0 Å². The van der Waals surface area contributed by atoms with Crippen molar-refractivity contribution in [2.75, 3.05) is 5.32 Å². The zero-order valence-electron chi connectivity index (χ0n) is 9.82. The maximum absolute atomic E-state index is 4.47. The summed E-state index contributed by atoms with van der Waals surface area (Å²) in [7, 11) is 0.